The summed E-state index contributed by atoms with van der Waals surface area (Å²) < 4.78 is 82.4. The zero-order valence-electron chi connectivity index (χ0n) is 20.2. The summed E-state index contributed by atoms with van der Waals surface area (Å²) in [7, 11) is -4.52. The molecule has 6 atom stereocenters. The third kappa shape index (κ3) is 15.2. The summed E-state index contributed by atoms with van der Waals surface area (Å²) in [4.78, 5) is 0. The number of rotatable bonds is 5. The van der Waals surface area contributed by atoms with Crippen LogP contribution in [0.2, 0.25) is 0 Å². The molecule has 0 spiro atoms. The van der Waals surface area contributed by atoms with E-state index in [4.69, 9.17) is 33.0 Å². The number of ether oxygens (including phenoxy) is 5. The molecule has 1 saturated carbocycles. The van der Waals surface area contributed by atoms with E-state index in [0.717, 1.165) is 5.56 Å². The van der Waals surface area contributed by atoms with Crippen LogP contribution in [0.5, 0.6) is 0 Å². The van der Waals surface area contributed by atoms with Gasteiger partial charge in [0.25, 0.3) is 0 Å². The molecule has 3 aliphatic rings. The Kier molecular flexibility index (Phi) is 22.7. The fourth-order valence-electron chi connectivity index (χ4n) is 3.23. The van der Waals surface area contributed by atoms with E-state index in [1.54, 1.807) is 6.08 Å². The first-order valence-electron chi connectivity index (χ1n) is 10.6. The van der Waals surface area contributed by atoms with E-state index >= 15 is 0 Å². The van der Waals surface area contributed by atoms with Crippen molar-refractivity contribution in [1.82, 2.24) is 0 Å². The van der Waals surface area contributed by atoms with Gasteiger partial charge in [-0.25, -0.2) is 0 Å². The fourth-order valence-corrected chi connectivity index (χ4v) is 3.23. The van der Waals surface area contributed by atoms with Crippen molar-refractivity contribution in [2.75, 3.05) is 20.3 Å². The topological polar surface area (TPSA) is 106 Å². The Morgan fingerprint density at radius 1 is 1.03 bits per heavy atom. The Hall–Kier alpha value is -1.50. The minimum Gasteiger partial charge on any atom is -0.0312 e. The van der Waals surface area contributed by atoms with Gasteiger partial charge in [-0.3, -0.25) is 0 Å². The number of hydrogen-bond acceptors (Lipinski definition) is 6. The quantitative estimate of drug-likeness (QED) is 0.186. The van der Waals surface area contributed by atoms with Gasteiger partial charge in [-0.2, -0.15) is 0 Å². The van der Waals surface area contributed by atoms with E-state index in [-0.39, 0.29) is 23.2 Å². The Morgan fingerprint density at radius 3 is 1.97 bits per heavy atom. The normalized spacial score (nSPS) is 27.3. The second-order valence-corrected chi connectivity index (χ2v) is 6.99. The standard InChI is InChI=1S/C17H22O6.C5H5.2CO.BF4.Fe/c1-3-9-20-15-13(18)17(19-2)22-12-10-21-16(23-14(12)15)11-7-5-4-6-8-11;1-2-4-5-3-1;2*1-2;2-1(3,4)5;/h3-8,12-18H,1,9-10H2,2H3;1-5H;;;;/q;;;;-1;/t12-,13-,14-,15-,16?,17+;;;;;/m1...../s1. The van der Waals surface area contributed by atoms with Crippen molar-refractivity contribution in [1.29, 1.82) is 0 Å². The van der Waals surface area contributed by atoms with Crippen LogP contribution in [0.4, 0.5) is 17.3 Å². The molecule has 4 rings (SSSR count). The van der Waals surface area contributed by atoms with Crippen LogP contribution in [-0.4, -0.2) is 63.4 Å². The number of hydrogen-bond donors (Lipinski definition) is 1. The Bertz CT molecular complexity index is 748. The van der Waals surface area contributed by atoms with Crippen LogP contribution in [0.1, 0.15) is 11.9 Å². The Morgan fingerprint density at radius 2 is 1.53 bits per heavy atom. The van der Waals surface area contributed by atoms with Crippen LogP contribution in [0, 0.1) is 45.4 Å². The number of aliphatic hydroxyl groups is 1. The van der Waals surface area contributed by atoms with Gasteiger partial charge in [-0.1, -0.05) is 36.4 Å². The molecule has 38 heavy (non-hydrogen) atoms. The van der Waals surface area contributed by atoms with Crippen molar-refractivity contribution >= 4 is 7.25 Å². The molecule has 0 amide bonds. The third-order valence-electron chi connectivity index (χ3n) is 4.57. The molecule has 211 valence electrons. The number of benzene rings is 1. The van der Waals surface area contributed by atoms with Crippen molar-refractivity contribution in [3.8, 4) is 0 Å². The number of halogens is 4. The first kappa shape index (κ1) is 38.7. The molecule has 0 bridgehead atoms. The van der Waals surface area contributed by atoms with Gasteiger partial charge in [0.2, 0.25) is 0 Å². The van der Waals surface area contributed by atoms with Crippen molar-refractivity contribution in [2.45, 2.75) is 37.0 Å². The van der Waals surface area contributed by atoms with E-state index in [2.05, 4.69) is 19.9 Å². The van der Waals surface area contributed by atoms with Crippen molar-refractivity contribution in [3.63, 3.8) is 0 Å². The van der Waals surface area contributed by atoms with E-state index in [1.165, 1.54) is 7.11 Å². The molecule has 1 aliphatic carbocycles. The smallest absolute Gasteiger partial charge is 0 e. The van der Waals surface area contributed by atoms with Crippen molar-refractivity contribution in [3.05, 3.63) is 94.0 Å². The molecule has 2 saturated heterocycles. The number of fused-ring (bicyclic) bond motifs is 1. The fraction of sp³-hybridized carbons (Fsp3) is 0.375. The second-order valence-electron chi connectivity index (χ2n) is 6.99. The molecule has 3 fully saturated rings. The molecule has 1 aromatic rings. The summed E-state index contributed by atoms with van der Waals surface area (Å²) >= 11 is 0. The van der Waals surface area contributed by atoms with Crippen LogP contribution in [0.3, 0.4) is 0 Å². The molecule has 2 aliphatic heterocycles. The summed E-state index contributed by atoms with van der Waals surface area (Å²) in [5.74, 6) is 0. The summed E-state index contributed by atoms with van der Waals surface area (Å²) in [6, 6.07) is 9.65. The van der Waals surface area contributed by atoms with E-state index in [1.807, 2.05) is 62.4 Å². The first-order chi connectivity index (χ1) is 17.7. The van der Waals surface area contributed by atoms with Crippen molar-refractivity contribution < 1.29 is 72.4 Å². The van der Waals surface area contributed by atoms with Gasteiger partial charge < -0.3 is 46.1 Å². The molecule has 1 unspecified atom stereocenters. The molecule has 0 aromatic heterocycles. The van der Waals surface area contributed by atoms with Gasteiger partial charge >= 0.3 is 29.9 Å². The van der Waals surface area contributed by atoms with Crippen LogP contribution >= 0.6 is 0 Å². The molecule has 1 N–H and O–H groups in total. The summed E-state index contributed by atoms with van der Waals surface area (Å²) in [5, 5.41) is 10.4. The number of methoxy groups -OCH3 is 1. The maximum atomic E-state index is 10.4. The minimum atomic E-state index is -6.00. The van der Waals surface area contributed by atoms with E-state index < -0.39 is 38.1 Å². The van der Waals surface area contributed by atoms with Gasteiger partial charge in [0.1, 0.15) is 24.4 Å². The van der Waals surface area contributed by atoms with Crippen LogP contribution in [0.15, 0.2) is 43.0 Å². The van der Waals surface area contributed by atoms with Crippen LogP contribution in [-0.2, 0) is 50.1 Å². The molecule has 14 heteroatoms. The van der Waals surface area contributed by atoms with E-state index in [9.17, 15) is 22.4 Å². The van der Waals surface area contributed by atoms with Gasteiger partial charge in [-0.15, -0.1) is 6.58 Å². The Balaban J connectivity index is 0. The summed E-state index contributed by atoms with van der Waals surface area (Å²) in [6.45, 7) is 13.3. The predicted octanol–water partition coefficient (Wildman–Crippen LogP) is 3.65. The van der Waals surface area contributed by atoms with Crippen molar-refractivity contribution in [2.24, 2.45) is 0 Å². The maximum Gasteiger partial charge on any atom is 0 e. The Labute approximate surface area is 231 Å². The maximum absolute atomic E-state index is 10.4. The second kappa shape index (κ2) is 22.3. The molecular weight excluding hydrogens is 559 g/mol. The van der Waals surface area contributed by atoms with Crippen LogP contribution < -0.4 is 0 Å². The first-order valence-corrected chi connectivity index (χ1v) is 10.6. The zero-order chi connectivity index (χ0) is 28.3. The number of aliphatic hydroxyl groups excluding tert-OH is 1. The third-order valence-corrected chi connectivity index (χ3v) is 4.57. The SMILES string of the molecule is C=CCO[C@@H]1[C@@H](O)[C@@H](OC)O[C@@H]2COC(c3ccccc3)O[C@@H]12.F[B-](F)(F)F.[C-]#[O+].[C-]#[O+].[CH]1[CH][CH][CH][CH]1.[Fe]. The summed E-state index contributed by atoms with van der Waals surface area (Å²) in [5.41, 5.74) is 0.914. The average molecular weight is 586 g/mol. The van der Waals surface area contributed by atoms with Crippen LogP contribution in [0.25, 0.3) is 0 Å². The van der Waals surface area contributed by atoms with E-state index in [0.29, 0.717) is 13.2 Å². The molecule has 5 radical (unpaired) electrons. The minimum absolute atomic E-state index is 0. The van der Waals surface area contributed by atoms with Gasteiger partial charge in [0.15, 0.2) is 12.6 Å². The largest absolute Gasteiger partial charge is 0.0312 e. The monoisotopic (exact) mass is 586 g/mol. The van der Waals surface area contributed by atoms with Gasteiger partial charge in [0.05, 0.1) is 13.2 Å². The van der Waals surface area contributed by atoms with Gasteiger partial charge in [-0.05, 0) is 32.1 Å². The predicted molar refractivity (Wildman–Crippen MR) is 121 cm³/mol. The van der Waals surface area contributed by atoms with Gasteiger partial charge in [0, 0.05) is 29.7 Å². The zero-order valence-corrected chi connectivity index (χ0v) is 21.3. The molecular formula is C24H27BF4FeO8-. The molecule has 8 nitrogen and oxygen atoms in total. The molecule has 1 aromatic carbocycles. The average Bonchev–Trinajstić information content (AvgIpc) is 3.50. The molecule has 2 heterocycles. The summed E-state index contributed by atoms with van der Waals surface area (Å²) in [6.07, 6.45) is 8.01.